The average Bonchev–Trinajstić information content (AvgIpc) is 3.25. The molecule has 2 aliphatic rings. The first-order chi connectivity index (χ1) is 19.1. The predicted octanol–water partition coefficient (Wildman–Crippen LogP) is 4.79. The number of aryl methyl sites for hydroxylation is 1. The second-order valence-corrected chi connectivity index (χ2v) is 11.1. The highest BCUT2D eigenvalue weighted by atomic mass is 35.5. The van der Waals surface area contributed by atoms with Gasteiger partial charge in [0.05, 0.1) is 36.8 Å². The number of carboxylic acids is 1. The van der Waals surface area contributed by atoms with Gasteiger partial charge in [-0.2, -0.15) is 0 Å². The fraction of sp³-hybridized carbons (Fsp3) is 0.433. The fourth-order valence-corrected chi connectivity index (χ4v) is 6.32. The smallest absolute Gasteiger partial charge is 0.311 e. The van der Waals surface area contributed by atoms with Crippen LogP contribution in [0.3, 0.4) is 0 Å². The number of amides is 1. The Labute approximate surface area is 237 Å². The van der Waals surface area contributed by atoms with E-state index in [0.717, 1.165) is 16.5 Å². The van der Waals surface area contributed by atoms with Gasteiger partial charge in [0.1, 0.15) is 23.1 Å². The number of esters is 1. The maximum absolute atomic E-state index is 13.5. The number of hydrogen-bond acceptors (Lipinski definition) is 6. The first-order valence-corrected chi connectivity index (χ1v) is 13.7. The van der Waals surface area contributed by atoms with Gasteiger partial charge in [-0.1, -0.05) is 35.9 Å². The Bertz CT molecular complexity index is 1440. The van der Waals surface area contributed by atoms with E-state index in [9.17, 15) is 19.5 Å². The molecule has 1 saturated heterocycles. The maximum atomic E-state index is 13.5. The van der Waals surface area contributed by atoms with Crippen molar-refractivity contribution in [2.24, 2.45) is 13.0 Å². The zero-order chi connectivity index (χ0) is 28.6. The minimum atomic E-state index is -0.871. The van der Waals surface area contributed by atoms with Gasteiger partial charge in [0.15, 0.2) is 0 Å². The molecule has 40 heavy (non-hydrogen) atoms. The summed E-state index contributed by atoms with van der Waals surface area (Å²) >= 11 is 6.49. The average molecular weight is 569 g/mol. The summed E-state index contributed by atoms with van der Waals surface area (Å²) in [7, 11) is 3.36. The molecule has 2 aromatic carbocycles. The number of carbonyl (C=O) groups excluding carboxylic acids is 2. The van der Waals surface area contributed by atoms with Gasteiger partial charge >= 0.3 is 11.9 Å². The van der Waals surface area contributed by atoms with Crippen LogP contribution in [-0.4, -0.2) is 53.9 Å². The molecule has 1 aliphatic heterocycles. The molecule has 5 rings (SSSR count). The van der Waals surface area contributed by atoms with Crippen LogP contribution in [0.15, 0.2) is 42.5 Å². The molecule has 1 amide bonds. The maximum Gasteiger partial charge on any atom is 0.311 e. The highest BCUT2D eigenvalue weighted by Crippen LogP contribution is 2.39. The second-order valence-electron chi connectivity index (χ2n) is 10.7. The van der Waals surface area contributed by atoms with Gasteiger partial charge in [0, 0.05) is 19.4 Å². The van der Waals surface area contributed by atoms with Crippen molar-refractivity contribution in [3.63, 3.8) is 0 Å². The quantitative estimate of drug-likeness (QED) is 0.375. The minimum Gasteiger partial charge on any atom is -0.495 e. The Kier molecular flexibility index (Phi) is 7.79. The van der Waals surface area contributed by atoms with Gasteiger partial charge in [-0.05, 0) is 60.9 Å². The highest BCUT2D eigenvalue weighted by molar-refractivity contribution is 6.37. The number of carboxylic acid groups (broad SMARTS) is 1. The van der Waals surface area contributed by atoms with Gasteiger partial charge in [0.2, 0.25) is 0 Å². The van der Waals surface area contributed by atoms with E-state index in [0.29, 0.717) is 60.9 Å². The van der Waals surface area contributed by atoms with Gasteiger partial charge in [0.25, 0.3) is 5.91 Å². The number of nitrogens with zero attached hydrogens (tertiary/aromatic N) is 1. The molecule has 1 aromatic heterocycles. The van der Waals surface area contributed by atoms with Crippen molar-refractivity contribution in [1.29, 1.82) is 0 Å². The number of fused-ring (bicyclic) bond motifs is 1. The SMILES string of the molecule is COc1ccc2c(cc(C(=O)NC3(c4ccc(C(C(=O)O)C5CCC(OC(C)=O)CC5)cc4)COC3)n2C)c1Cl. The number of aliphatic carboxylic acids is 1. The first kappa shape index (κ1) is 28.0. The third-order valence-corrected chi connectivity index (χ3v) is 8.63. The number of rotatable bonds is 8. The summed E-state index contributed by atoms with van der Waals surface area (Å²) in [6.45, 7) is 2.00. The Hall–Kier alpha value is -3.56. The molecule has 2 N–H and O–H groups in total. The van der Waals surface area contributed by atoms with E-state index in [2.05, 4.69) is 5.32 Å². The van der Waals surface area contributed by atoms with Crippen LogP contribution in [0.5, 0.6) is 5.75 Å². The molecule has 3 aromatic rings. The molecule has 0 radical (unpaired) electrons. The predicted molar refractivity (Wildman–Crippen MR) is 149 cm³/mol. The molecule has 0 bridgehead atoms. The summed E-state index contributed by atoms with van der Waals surface area (Å²) in [6, 6.07) is 12.8. The molecule has 2 fully saturated rings. The van der Waals surface area contributed by atoms with Crippen LogP contribution < -0.4 is 10.1 Å². The molecule has 1 aliphatic carbocycles. The van der Waals surface area contributed by atoms with E-state index in [-0.39, 0.29) is 23.9 Å². The van der Waals surface area contributed by atoms with E-state index in [1.807, 2.05) is 37.4 Å². The number of nitrogens with one attached hydrogen (secondary N) is 1. The molecular formula is C30H33ClN2O7. The molecule has 212 valence electrons. The first-order valence-electron chi connectivity index (χ1n) is 13.4. The summed E-state index contributed by atoms with van der Waals surface area (Å²) < 4.78 is 17.9. The number of halogens is 1. The molecule has 2 heterocycles. The van der Waals surface area contributed by atoms with Crippen LogP contribution >= 0.6 is 11.6 Å². The van der Waals surface area contributed by atoms with Gasteiger partial charge in [-0.25, -0.2) is 0 Å². The van der Waals surface area contributed by atoms with E-state index in [4.69, 9.17) is 25.8 Å². The van der Waals surface area contributed by atoms with Crippen LogP contribution in [0.4, 0.5) is 0 Å². The second kappa shape index (κ2) is 11.1. The standard InChI is InChI=1S/C30H33ClN2O7/c1-17(34)40-21-10-6-19(7-11-21)26(29(36)37)18-4-8-20(9-5-18)30(15-39-16-30)32-28(35)24-14-22-23(33(24)2)12-13-25(38-3)27(22)31/h4-5,8-9,12-14,19,21,26H,6-7,10-11,15-16H2,1-3H3,(H,32,35)(H,36,37). The minimum absolute atomic E-state index is 0.0484. The Balaban J connectivity index is 1.34. The number of hydrogen-bond donors (Lipinski definition) is 2. The van der Waals surface area contributed by atoms with Crippen LogP contribution in [0, 0.1) is 5.92 Å². The summed E-state index contributed by atoms with van der Waals surface area (Å²) in [6.07, 6.45) is 2.51. The number of aromatic nitrogens is 1. The summed E-state index contributed by atoms with van der Waals surface area (Å²) in [5, 5.41) is 14.4. The molecule has 9 nitrogen and oxygen atoms in total. The molecule has 0 spiro atoms. The van der Waals surface area contributed by atoms with Crippen LogP contribution in [0.25, 0.3) is 10.9 Å². The lowest BCUT2D eigenvalue weighted by atomic mass is 9.75. The van der Waals surface area contributed by atoms with Crippen LogP contribution in [0.2, 0.25) is 5.02 Å². The monoisotopic (exact) mass is 568 g/mol. The van der Waals surface area contributed by atoms with Crippen molar-refractivity contribution >= 4 is 40.3 Å². The largest absolute Gasteiger partial charge is 0.495 e. The Morgan fingerprint density at radius 3 is 2.33 bits per heavy atom. The number of methoxy groups -OCH3 is 1. The van der Waals surface area contributed by atoms with Crippen molar-refractivity contribution < 1.29 is 33.7 Å². The van der Waals surface area contributed by atoms with Crippen LogP contribution in [-0.2, 0) is 31.6 Å². The fourth-order valence-electron chi connectivity index (χ4n) is 6.03. The lowest BCUT2D eigenvalue weighted by Gasteiger charge is -2.42. The van der Waals surface area contributed by atoms with Crippen molar-refractivity contribution in [2.45, 2.75) is 50.2 Å². The molecule has 1 atom stereocenters. The van der Waals surface area contributed by atoms with E-state index in [1.165, 1.54) is 6.92 Å². The topological polar surface area (TPSA) is 116 Å². The Morgan fingerprint density at radius 2 is 1.77 bits per heavy atom. The zero-order valence-corrected chi connectivity index (χ0v) is 23.5. The van der Waals surface area contributed by atoms with Crippen molar-refractivity contribution in [2.75, 3.05) is 20.3 Å². The molecule has 1 saturated carbocycles. The van der Waals surface area contributed by atoms with Crippen LogP contribution in [0.1, 0.15) is 60.1 Å². The lowest BCUT2D eigenvalue weighted by Crippen LogP contribution is -2.59. The third-order valence-electron chi connectivity index (χ3n) is 8.24. The normalized spacial score (nSPS) is 20.8. The third kappa shape index (κ3) is 5.15. The number of carbonyl (C=O) groups is 3. The summed E-state index contributed by atoms with van der Waals surface area (Å²) in [5.74, 6) is -1.62. The van der Waals surface area contributed by atoms with E-state index >= 15 is 0 Å². The molecular weight excluding hydrogens is 536 g/mol. The number of ether oxygens (including phenoxy) is 3. The van der Waals surface area contributed by atoms with Crippen molar-refractivity contribution in [3.8, 4) is 5.75 Å². The van der Waals surface area contributed by atoms with Gasteiger partial charge in [-0.15, -0.1) is 0 Å². The van der Waals surface area contributed by atoms with Gasteiger partial charge in [-0.3, -0.25) is 14.4 Å². The van der Waals surface area contributed by atoms with E-state index < -0.39 is 17.4 Å². The zero-order valence-electron chi connectivity index (χ0n) is 22.7. The molecule has 10 heteroatoms. The Morgan fingerprint density at radius 1 is 1.10 bits per heavy atom. The number of benzene rings is 2. The summed E-state index contributed by atoms with van der Waals surface area (Å²) in [4.78, 5) is 37.1. The molecule has 1 unspecified atom stereocenters. The summed E-state index contributed by atoms with van der Waals surface area (Å²) in [5.41, 5.74) is 2.08. The van der Waals surface area contributed by atoms with Crippen molar-refractivity contribution in [1.82, 2.24) is 9.88 Å². The lowest BCUT2D eigenvalue weighted by molar-refractivity contribution is -0.149. The van der Waals surface area contributed by atoms with Crippen molar-refractivity contribution in [3.05, 3.63) is 64.3 Å². The van der Waals surface area contributed by atoms with Gasteiger partial charge < -0.3 is 29.2 Å². The highest BCUT2D eigenvalue weighted by Gasteiger charge is 2.43. The van der Waals surface area contributed by atoms with E-state index in [1.54, 1.807) is 23.8 Å².